The normalized spacial score (nSPS) is 18.1. The van der Waals surface area contributed by atoms with Crippen molar-refractivity contribution in [3.8, 4) is 0 Å². The Morgan fingerprint density at radius 1 is 1.20 bits per heavy atom. The van der Waals surface area contributed by atoms with Crippen molar-refractivity contribution in [2.45, 2.75) is 45.1 Å². The average Bonchev–Trinajstić information content (AvgIpc) is 2.61. The maximum absolute atomic E-state index is 12.9. The van der Waals surface area contributed by atoms with Gasteiger partial charge in [0.25, 0.3) is 0 Å². The zero-order valence-corrected chi connectivity index (χ0v) is 16.4. The Bertz CT molecular complexity index is 710. The van der Waals surface area contributed by atoms with Gasteiger partial charge in [0.1, 0.15) is 0 Å². The Morgan fingerprint density at radius 2 is 1.84 bits per heavy atom. The zero-order valence-electron chi connectivity index (χ0n) is 15.6. The monoisotopic (exact) mass is 367 g/mol. The molecule has 1 aromatic rings. The van der Waals surface area contributed by atoms with Gasteiger partial charge in [-0.2, -0.15) is 4.31 Å². The Morgan fingerprint density at radius 3 is 2.44 bits per heavy atom. The average molecular weight is 368 g/mol. The highest BCUT2D eigenvalue weighted by molar-refractivity contribution is 7.89. The summed E-state index contributed by atoms with van der Waals surface area (Å²) in [5.74, 6) is 0.00712. The van der Waals surface area contributed by atoms with E-state index in [2.05, 4.69) is 5.32 Å². The van der Waals surface area contributed by atoms with Crippen molar-refractivity contribution in [2.75, 3.05) is 32.7 Å². The van der Waals surface area contributed by atoms with Crippen LogP contribution in [0.1, 0.15) is 31.4 Å². The largest absolute Gasteiger partial charge is 0.355 e. The third kappa shape index (κ3) is 4.59. The number of sulfonamides is 1. The minimum Gasteiger partial charge on any atom is -0.355 e. The topological polar surface area (TPSA) is 69.7 Å². The molecule has 1 aliphatic heterocycles. The maximum Gasteiger partial charge on any atom is 0.243 e. The SMILES string of the molecule is CCCNC(=O)[C@H](C)N1CCN(S(=O)(=O)c2cc(C)ccc2C)CC1. The third-order valence-electron chi connectivity index (χ3n) is 4.71. The first-order chi connectivity index (χ1) is 11.8. The Balaban J connectivity index is 2.04. The summed E-state index contributed by atoms with van der Waals surface area (Å²) >= 11 is 0. The highest BCUT2D eigenvalue weighted by Gasteiger charge is 2.32. The summed E-state index contributed by atoms with van der Waals surface area (Å²) in [6, 6.07) is 5.26. The van der Waals surface area contributed by atoms with E-state index in [1.807, 2.05) is 44.7 Å². The quantitative estimate of drug-likeness (QED) is 0.828. The van der Waals surface area contributed by atoms with Crippen LogP contribution in [0.4, 0.5) is 0 Å². The van der Waals surface area contributed by atoms with Crippen molar-refractivity contribution in [1.82, 2.24) is 14.5 Å². The Kier molecular flexibility index (Phi) is 6.59. The van der Waals surface area contributed by atoms with Crippen LogP contribution in [-0.2, 0) is 14.8 Å². The first kappa shape index (κ1) is 19.9. The van der Waals surface area contributed by atoms with Crippen LogP contribution in [0.3, 0.4) is 0 Å². The molecule has 1 fully saturated rings. The number of aryl methyl sites for hydroxylation is 2. The summed E-state index contributed by atoms with van der Waals surface area (Å²) in [6.07, 6.45) is 0.903. The Hall–Kier alpha value is -1.44. The Labute approximate surface area is 151 Å². The molecule has 2 rings (SSSR count). The van der Waals surface area contributed by atoms with E-state index < -0.39 is 10.0 Å². The fourth-order valence-corrected chi connectivity index (χ4v) is 4.75. The van der Waals surface area contributed by atoms with Gasteiger partial charge in [-0.05, 0) is 44.4 Å². The smallest absolute Gasteiger partial charge is 0.243 e. The van der Waals surface area contributed by atoms with E-state index in [1.54, 1.807) is 6.07 Å². The van der Waals surface area contributed by atoms with E-state index >= 15 is 0 Å². The lowest BCUT2D eigenvalue weighted by atomic mass is 10.2. The molecule has 1 aliphatic rings. The van der Waals surface area contributed by atoms with Gasteiger partial charge in [-0.15, -0.1) is 0 Å². The number of nitrogens with one attached hydrogen (secondary N) is 1. The lowest BCUT2D eigenvalue weighted by Gasteiger charge is -2.37. The molecule has 1 aromatic carbocycles. The molecule has 0 aliphatic carbocycles. The molecule has 140 valence electrons. The van der Waals surface area contributed by atoms with Gasteiger partial charge in [0.05, 0.1) is 10.9 Å². The van der Waals surface area contributed by atoms with Gasteiger partial charge >= 0.3 is 0 Å². The van der Waals surface area contributed by atoms with Crippen molar-refractivity contribution in [1.29, 1.82) is 0 Å². The van der Waals surface area contributed by atoms with Gasteiger partial charge in [0.15, 0.2) is 0 Å². The highest BCUT2D eigenvalue weighted by atomic mass is 32.2. The van der Waals surface area contributed by atoms with Gasteiger partial charge in [-0.3, -0.25) is 9.69 Å². The fraction of sp³-hybridized carbons (Fsp3) is 0.611. The van der Waals surface area contributed by atoms with E-state index in [9.17, 15) is 13.2 Å². The molecular weight excluding hydrogens is 338 g/mol. The molecule has 0 saturated carbocycles. The zero-order chi connectivity index (χ0) is 18.6. The molecule has 25 heavy (non-hydrogen) atoms. The molecule has 1 amide bonds. The molecular formula is C18H29N3O3S. The van der Waals surface area contributed by atoms with Crippen molar-refractivity contribution in [3.63, 3.8) is 0 Å². The molecule has 1 heterocycles. The van der Waals surface area contributed by atoms with Gasteiger partial charge in [-0.1, -0.05) is 19.1 Å². The predicted octanol–water partition coefficient (Wildman–Crippen LogP) is 1.52. The van der Waals surface area contributed by atoms with E-state index in [0.717, 1.165) is 17.5 Å². The first-order valence-electron chi connectivity index (χ1n) is 8.86. The van der Waals surface area contributed by atoms with Crippen LogP contribution in [0.5, 0.6) is 0 Å². The second kappa shape index (κ2) is 8.29. The fourth-order valence-electron chi connectivity index (χ4n) is 3.02. The number of piperazine rings is 1. The summed E-state index contributed by atoms with van der Waals surface area (Å²) in [7, 11) is -3.49. The number of rotatable bonds is 6. The summed E-state index contributed by atoms with van der Waals surface area (Å²) in [4.78, 5) is 14.5. The molecule has 0 spiro atoms. The van der Waals surface area contributed by atoms with E-state index in [-0.39, 0.29) is 11.9 Å². The molecule has 7 heteroatoms. The second-order valence-electron chi connectivity index (χ2n) is 6.68. The van der Waals surface area contributed by atoms with Crippen LogP contribution in [0, 0.1) is 13.8 Å². The number of hydrogen-bond donors (Lipinski definition) is 1. The first-order valence-corrected chi connectivity index (χ1v) is 10.3. The number of amides is 1. The summed E-state index contributed by atoms with van der Waals surface area (Å²) in [5, 5.41) is 2.90. The number of nitrogens with zero attached hydrogens (tertiary/aromatic N) is 2. The van der Waals surface area contributed by atoms with Crippen LogP contribution in [0.15, 0.2) is 23.1 Å². The third-order valence-corrected chi connectivity index (χ3v) is 6.75. The molecule has 1 N–H and O–H groups in total. The van der Waals surface area contributed by atoms with Gasteiger partial charge in [-0.25, -0.2) is 8.42 Å². The number of carbonyl (C=O) groups excluding carboxylic acids is 1. The number of carbonyl (C=O) groups is 1. The van der Waals surface area contributed by atoms with Crippen LogP contribution in [0.2, 0.25) is 0 Å². The van der Waals surface area contributed by atoms with Crippen LogP contribution in [0.25, 0.3) is 0 Å². The van der Waals surface area contributed by atoms with E-state index in [1.165, 1.54) is 4.31 Å². The van der Waals surface area contributed by atoms with Crippen molar-refractivity contribution >= 4 is 15.9 Å². The van der Waals surface area contributed by atoms with E-state index in [0.29, 0.717) is 37.6 Å². The maximum atomic E-state index is 12.9. The van der Waals surface area contributed by atoms with Crippen LogP contribution >= 0.6 is 0 Å². The molecule has 0 unspecified atom stereocenters. The molecule has 0 radical (unpaired) electrons. The van der Waals surface area contributed by atoms with Crippen molar-refractivity contribution in [2.24, 2.45) is 0 Å². The van der Waals surface area contributed by atoms with E-state index in [4.69, 9.17) is 0 Å². The van der Waals surface area contributed by atoms with Crippen molar-refractivity contribution in [3.05, 3.63) is 29.3 Å². The predicted molar refractivity (Wildman–Crippen MR) is 99.0 cm³/mol. The molecule has 6 nitrogen and oxygen atoms in total. The number of hydrogen-bond acceptors (Lipinski definition) is 4. The molecule has 1 atom stereocenters. The van der Waals surface area contributed by atoms with Gasteiger partial charge in [0.2, 0.25) is 15.9 Å². The van der Waals surface area contributed by atoms with Crippen LogP contribution < -0.4 is 5.32 Å². The van der Waals surface area contributed by atoms with Gasteiger partial charge < -0.3 is 5.32 Å². The minimum absolute atomic E-state index is 0.00712. The molecule has 1 saturated heterocycles. The minimum atomic E-state index is -3.49. The summed E-state index contributed by atoms with van der Waals surface area (Å²) < 4.78 is 27.4. The van der Waals surface area contributed by atoms with Crippen molar-refractivity contribution < 1.29 is 13.2 Å². The lowest BCUT2D eigenvalue weighted by molar-refractivity contribution is -0.126. The van der Waals surface area contributed by atoms with Crippen LogP contribution in [-0.4, -0.2) is 62.3 Å². The number of benzene rings is 1. The highest BCUT2D eigenvalue weighted by Crippen LogP contribution is 2.22. The standard InChI is InChI=1S/C18H29N3O3S/c1-5-8-19-18(22)16(4)20-9-11-21(12-10-20)25(23,24)17-13-14(2)6-7-15(17)3/h6-7,13,16H,5,8-12H2,1-4H3,(H,19,22)/t16-/m0/s1. The molecule has 0 aromatic heterocycles. The lowest BCUT2D eigenvalue weighted by Crippen LogP contribution is -2.55. The van der Waals surface area contributed by atoms with Gasteiger partial charge in [0, 0.05) is 32.7 Å². The molecule has 0 bridgehead atoms. The summed E-state index contributed by atoms with van der Waals surface area (Å²) in [6.45, 7) is 10.2. The summed E-state index contributed by atoms with van der Waals surface area (Å²) in [5.41, 5.74) is 1.70. The second-order valence-corrected chi connectivity index (χ2v) is 8.58.